The molecule has 0 unspecified atom stereocenters. The standard InChI is InChI=1S/C22H19FN4O/c23-16-5-7-17(8-6-16)27-22(28)21-13-18(10-12-25-21)24-11-9-15-14-26-20-4-2-1-3-19(15)20/h1-8,10,12-14,26H,9,11H2,(H,24,25)(H,27,28). The third-order valence-corrected chi connectivity index (χ3v) is 4.49. The van der Waals surface area contributed by atoms with Crippen LogP contribution in [-0.2, 0) is 6.42 Å². The zero-order valence-corrected chi connectivity index (χ0v) is 15.1. The summed E-state index contributed by atoms with van der Waals surface area (Å²) in [5.41, 5.74) is 4.00. The Bertz CT molecular complexity index is 1100. The van der Waals surface area contributed by atoms with Gasteiger partial charge in [0.05, 0.1) is 0 Å². The molecule has 0 aliphatic carbocycles. The normalized spacial score (nSPS) is 10.8. The molecule has 28 heavy (non-hydrogen) atoms. The lowest BCUT2D eigenvalue weighted by Gasteiger charge is -2.08. The van der Waals surface area contributed by atoms with Crippen molar-refractivity contribution >= 4 is 28.2 Å². The highest BCUT2D eigenvalue weighted by molar-refractivity contribution is 6.03. The molecule has 0 spiro atoms. The second-order valence-corrected chi connectivity index (χ2v) is 6.43. The minimum Gasteiger partial charge on any atom is -0.385 e. The third kappa shape index (κ3) is 4.01. The second-order valence-electron chi connectivity index (χ2n) is 6.43. The number of carbonyl (C=O) groups excluding carboxylic acids is 1. The monoisotopic (exact) mass is 374 g/mol. The number of nitrogens with zero attached hydrogens (tertiary/aromatic N) is 1. The first-order chi connectivity index (χ1) is 13.7. The van der Waals surface area contributed by atoms with Crippen molar-refractivity contribution in [2.24, 2.45) is 0 Å². The summed E-state index contributed by atoms with van der Waals surface area (Å²) in [5.74, 6) is -0.690. The van der Waals surface area contributed by atoms with E-state index >= 15 is 0 Å². The van der Waals surface area contributed by atoms with E-state index in [4.69, 9.17) is 0 Å². The number of aromatic nitrogens is 2. The molecule has 0 bridgehead atoms. The van der Waals surface area contributed by atoms with Gasteiger partial charge in [0, 0.05) is 41.2 Å². The lowest BCUT2D eigenvalue weighted by Crippen LogP contribution is -2.14. The number of nitrogens with one attached hydrogen (secondary N) is 3. The summed E-state index contributed by atoms with van der Waals surface area (Å²) in [6, 6.07) is 17.3. The summed E-state index contributed by atoms with van der Waals surface area (Å²) in [5, 5.41) is 7.26. The highest BCUT2D eigenvalue weighted by atomic mass is 19.1. The highest BCUT2D eigenvalue weighted by Gasteiger charge is 2.09. The summed E-state index contributed by atoms with van der Waals surface area (Å²) >= 11 is 0. The molecule has 4 aromatic rings. The first-order valence-electron chi connectivity index (χ1n) is 9.01. The molecular formula is C22H19FN4O. The largest absolute Gasteiger partial charge is 0.385 e. The molecule has 3 N–H and O–H groups in total. The maximum atomic E-state index is 13.0. The zero-order valence-electron chi connectivity index (χ0n) is 15.1. The molecule has 1 amide bonds. The van der Waals surface area contributed by atoms with Gasteiger partial charge < -0.3 is 15.6 Å². The number of hydrogen-bond acceptors (Lipinski definition) is 3. The minimum absolute atomic E-state index is 0.293. The van der Waals surface area contributed by atoms with Crippen molar-refractivity contribution < 1.29 is 9.18 Å². The van der Waals surface area contributed by atoms with Gasteiger partial charge in [-0.05, 0) is 54.4 Å². The Balaban J connectivity index is 1.38. The van der Waals surface area contributed by atoms with Gasteiger partial charge in [0.15, 0.2) is 0 Å². The molecule has 0 aliphatic rings. The second kappa shape index (κ2) is 7.92. The number of anilines is 2. The van der Waals surface area contributed by atoms with Crippen LogP contribution in [0.15, 0.2) is 73.1 Å². The van der Waals surface area contributed by atoms with Gasteiger partial charge >= 0.3 is 0 Å². The van der Waals surface area contributed by atoms with Crippen molar-refractivity contribution in [1.29, 1.82) is 0 Å². The predicted molar refractivity (Wildman–Crippen MR) is 109 cm³/mol. The molecule has 2 heterocycles. The first kappa shape index (κ1) is 17.7. The van der Waals surface area contributed by atoms with Crippen LogP contribution in [-0.4, -0.2) is 22.4 Å². The molecule has 2 aromatic heterocycles. The molecule has 0 aliphatic heterocycles. The van der Waals surface area contributed by atoms with E-state index in [0.717, 1.165) is 24.2 Å². The van der Waals surface area contributed by atoms with Crippen molar-refractivity contribution in [2.45, 2.75) is 6.42 Å². The number of H-pyrrole nitrogens is 1. The van der Waals surface area contributed by atoms with Crippen LogP contribution < -0.4 is 10.6 Å². The SMILES string of the molecule is O=C(Nc1ccc(F)cc1)c1cc(NCCc2c[nH]c3ccccc23)ccn1. The molecule has 0 saturated carbocycles. The van der Waals surface area contributed by atoms with Gasteiger partial charge in [-0.2, -0.15) is 0 Å². The number of pyridine rings is 1. The van der Waals surface area contributed by atoms with E-state index in [1.54, 1.807) is 12.3 Å². The van der Waals surface area contributed by atoms with E-state index in [9.17, 15) is 9.18 Å². The Kier molecular flexibility index (Phi) is 5.01. The predicted octanol–water partition coefficient (Wildman–Crippen LogP) is 4.61. The van der Waals surface area contributed by atoms with Gasteiger partial charge in [0.2, 0.25) is 0 Å². The number of carbonyl (C=O) groups is 1. The summed E-state index contributed by atoms with van der Waals surface area (Å²) in [6.45, 7) is 0.727. The average Bonchev–Trinajstić information content (AvgIpc) is 3.13. The molecule has 0 fully saturated rings. The summed E-state index contributed by atoms with van der Waals surface area (Å²) < 4.78 is 13.0. The van der Waals surface area contributed by atoms with Gasteiger partial charge in [0.1, 0.15) is 11.5 Å². The van der Waals surface area contributed by atoms with E-state index in [2.05, 4.69) is 32.7 Å². The number of para-hydroxylation sites is 1. The Morgan fingerprint density at radius 2 is 1.86 bits per heavy atom. The smallest absolute Gasteiger partial charge is 0.274 e. The summed E-state index contributed by atoms with van der Waals surface area (Å²) in [4.78, 5) is 19.8. The van der Waals surface area contributed by atoms with Crippen LogP contribution in [0.5, 0.6) is 0 Å². The molecule has 140 valence electrons. The van der Waals surface area contributed by atoms with Gasteiger partial charge in [-0.1, -0.05) is 18.2 Å². The fourth-order valence-electron chi connectivity index (χ4n) is 3.07. The van der Waals surface area contributed by atoms with E-state index in [-0.39, 0.29) is 11.7 Å². The van der Waals surface area contributed by atoms with E-state index < -0.39 is 0 Å². The number of fused-ring (bicyclic) bond motifs is 1. The van der Waals surface area contributed by atoms with Crippen LogP contribution in [0.4, 0.5) is 15.8 Å². The zero-order chi connectivity index (χ0) is 19.3. The van der Waals surface area contributed by atoms with E-state index in [0.29, 0.717) is 11.4 Å². The molecule has 6 heteroatoms. The maximum Gasteiger partial charge on any atom is 0.274 e. The highest BCUT2D eigenvalue weighted by Crippen LogP contribution is 2.18. The van der Waals surface area contributed by atoms with Crippen LogP contribution in [0.3, 0.4) is 0 Å². The lowest BCUT2D eigenvalue weighted by molar-refractivity contribution is 0.102. The molecule has 5 nitrogen and oxygen atoms in total. The maximum absolute atomic E-state index is 13.0. The van der Waals surface area contributed by atoms with Crippen molar-refractivity contribution in [2.75, 3.05) is 17.2 Å². The fourth-order valence-corrected chi connectivity index (χ4v) is 3.07. The molecular weight excluding hydrogens is 355 g/mol. The van der Waals surface area contributed by atoms with Crippen molar-refractivity contribution in [3.05, 3.63) is 90.1 Å². The van der Waals surface area contributed by atoms with Gasteiger partial charge in [-0.25, -0.2) is 4.39 Å². The Morgan fingerprint density at radius 3 is 2.71 bits per heavy atom. The number of amides is 1. The van der Waals surface area contributed by atoms with Crippen LogP contribution in [0.25, 0.3) is 10.9 Å². The van der Waals surface area contributed by atoms with Crippen LogP contribution in [0.1, 0.15) is 16.1 Å². The molecule has 4 rings (SSSR count). The molecule has 0 saturated heterocycles. The van der Waals surface area contributed by atoms with Gasteiger partial charge in [0.25, 0.3) is 5.91 Å². The number of aromatic amines is 1. The Morgan fingerprint density at radius 1 is 1.04 bits per heavy atom. The minimum atomic E-state index is -0.350. The van der Waals surface area contributed by atoms with Crippen LogP contribution >= 0.6 is 0 Å². The molecule has 2 aromatic carbocycles. The summed E-state index contributed by atoms with van der Waals surface area (Å²) in [6.07, 6.45) is 4.47. The fraction of sp³-hybridized carbons (Fsp3) is 0.0909. The number of benzene rings is 2. The Hall–Kier alpha value is -3.67. The van der Waals surface area contributed by atoms with E-state index in [1.165, 1.54) is 35.2 Å². The van der Waals surface area contributed by atoms with Crippen LogP contribution in [0, 0.1) is 5.82 Å². The van der Waals surface area contributed by atoms with Gasteiger partial charge in [-0.15, -0.1) is 0 Å². The lowest BCUT2D eigenvalue weighted by atomic mass is 10.1. The Labute approximate surface area is 161 Å². The average molecular weight is 374 g/mol. The molecule has 0 atom stereocenters. The number of hydrogen-bond donors (Lipinski definition) is 3. The number of halogens is 1. The summed E-state index contributed by atoms with van der Waals surface area (Å²) in [7, 11) is 0. The van der Waals surface area contributed by atoms with Crippen molar-refractivity contribution in [3.63, 3.8) is 0 Å². The third-order valence-electron chi connectivity index (χ3n) is 4.49. The van der Waals surface area contributed by atoms with Gasteiger partial charge in [-0.3, -0.25) is 9.78 Å². The molecule has 0 radical (unpaired) electrons. The topological polar surface area (TPSA) is 69.8 Å². The number of rotatable bonds is 6. The first-order valence-corrected chi connectivity index (χ1v) is 9.01. The van der Waals surface area contributed by atoms with Crippen molar-refractivity contribution in [1.82, 2.24) is 9.97 Å². The van der Waals surface area contributed by atoms with Crippen molar-refractivity contribution in [3.8, 4) is 0 Å². The van der Waals surface area contributed by atoms with E-state index in [1.807, 2.05) is 24.4 Å². The van der Waals surface area contributed by atoms with Crippen LogP contribution in [0.2, 0.25) is 0 Å². The quantitative estimate of drug-likeness (QED) is 0.462.